The molecule has 6 nitrogen and oxygen atoms in total. The number of rotatable bonds is 8. The third kappa shape index (κ3) is 5.56. The number of thiazole rings is 1. The van der Waals surface area contributed by atoms with Crippen LogP contribution in [0.5, 0.6) is 5.75 Å². The van der Waals surface area contributed by atoms with E-state index in [2.05, 4.69) is 22.3 Å². The summed E-state index contributed by atoms with van der Waals surface area (Å²) >= 11 is 7.26. The van der Waals surface area contributed by atoms with Gasteiger partial charge in [0.25, 0.3) is 5.91 Å². The molecule has 2 heterocycles. The Bertz CT molecular complexity index is 936. The van der Waals surface area contributed by atoms with E-state index in [0.717, 1.165) is 22.9 Å². The van der Waals surface area contributed by atoms with Crippen molar-refractivity contribution in [1.29, 1.82) is 0 Å². The molecule has 8 heteroatoms. The highest BCUT2D eigenvalue weighted by Crippen LogP contribution is 2.18. The van der Waals surface area contributed by atoms with Crippen molar-refractivity contribution < 1.29 is 9.53 Å². The van der Waals surface area contributed by atoms with Gasteiger partial charge in [-0.1, -0.05) is 18.5 Å². The first-order valence-electron chi connectivity index (χ1n) is 9.02. The van der Waals surface area contributed by atoms with Crippen LogP contribution in [0.1, 0.15) is 33.8 Å². The van der Waals surface area contributed by atoms with Crippen molar-refractivity contribution in [3.8, 4) is 5.75 Å². The number of nitrogens with one attached hydrogen (secondary N) is 1. The summed E-state index contributed by atoms with van der Waals surface area (Å²) in [4.78, 5) is 16.7. The molecule has 3 rings (SSSR count). The highest BCUT2D eigenvalue weighted by molar-refractivity contribution is 7.09. The van der Waals surface area contributed by atoms with Crippen LogP contribution in [0.2, 0.25) is 5.02 Å². The first-order chi connectivity index (χ1) is 13.4. The fraction of sp³-hybridized carbons (Fsp3) is 0.350. The van der Waals surface area contributed by atoms with Crippen LogP contribution in [0.4, 0.5) is 0 Å². The van der Waals surface area contributed by atoms with E-state index < -0.39 is 0 Å². The number of hydrogen-bond acceptors (Lipinski definition) is 5. The molecule has 0 bridgehead atoms. The van der Waals surface area contributed by atoms with Gasteiger partial charge in [-0.2, -0.15) is 5.10 Å². The van der Waals surface area contributed by atoms with Crippen LogP contribution in [0.3, 0.4) is 0 Å². The lowest BCUT2D eigenvalue weighted by Gasteiger charge is -2.13. The summed E-state index contributed by atoms with van der Waals surface area (Å²) in [6, 6.07) is 9.19. The van der Waals surface area contributed by atoms with Crippen molar-refractivity contribution in [3.63, 3.8) is 0 Å². The predicted molar refractivity (Wildman–Crippen MR) is 111 cm³/mol. The van der Waals surface area contributed by atoms with Crippen molar-refractivity contribution in [1.82, 2.24) is 20.1 Å². The van der Waals surface area contributed by atoms with E-state index in [0.29, 0.717) is 29.6 Å². The number of ether oxygens (including phenoxy) is 1. The third-order valence-electron chi connectivity index (χ3n) is 4.16. The minimum Gasteiger partial charge on any atom is -0.486 e. The summed E-state index contributed by atoms with van der Waals surface area (Å²) in [6.45, 7) is 7.74. The number of hydrogen-bond donors (Lipinski definition) is 1. The monoisotopic (exact) mass is 418 g/mol. The lowest BCUT2D eigenvalue weighted by atomic mass is 10.2. The highest BCUT2D eigenvalue weighted by Gasteiger charge is 2.13. The van der Waals surface area contributed by atoms with Crippen molar-refractivity contribution in [3.05, 3.63) is 62.8 Å². The number of carbonyl (C=O) groups is 1. The molecule has 28 heavy (non-hydrogen) atoms. The lowest BCUT2D eigenvalue weighted by molar-refractivity contribution is 0.0942. The first kappa shape index (κ1) is 20.4. The van der Waals surface area contributed by atoms with Gasteiger partial charge in [0, 0.05) is 29.2 Å². The van der Waals surface area contributed by atoms with Gasteiger partial charge in [0.2, 0.25) is 0 Å². The Kier molecular flexibility index (Phi) is 6.70. The lowest BCUT2D eigenvalue weighted by Crippen LogP contribution is -2.30. The van der Waals surface area contributed by atoms with Crippen molar-refractivity contribution in [2.45, 2.75) is 33.9 Å². The second-order valence-corrected chi connectivity index (χ2v) is 8.17. The van der Waals surface area contributed by atoms with E-state index in [9.17, 15) is 4.79 Å². The van der Waals surface area contributed by atoms with Gasteiger partial charge in [-0.25, -0.2) is 4.98 Å². The maximum absolute atomic E-state index is 12.4. The fourth-order valence-corrected chi connectivity index (χ4v) is 3.55. The molecule has 0 saturated heterocycles. The molecule has 2 aromatic heterocycles. The number of aromatic nitrogens is 3. The van der Waals surface area contributed by atoms with Crippen molar-refractivity contribution >= 4 is 28.8 Å². The number of benzene rings is 1. The van der Waals surface area contributed by atoms with Crippen LogP contribution in [0.15, 0.2) is 35.7 Å². The van der Waals surface area contributed by atoms with Gasteiger partial charge >= 0.3 is 0 Å². The van der Waals surface area contributed by atoms with Gasteiger partial charge in [-0.3, -0.25) is 9.48 Å². The van der Waals surface area contributed by atoms with E-state index in [1.54, 1.807) is 29.6 Å². The van der Waals surface area contributed by atoms with E-state index in [-0.39, 0.29) is 11.8 Å². The molecule has 1 aromatic carbocycles. The molecule has 1 amide bonds. The van der Waals surface area contributed by atoms with Crippen molar-refractivity contribution in [2.24, 2.45) is 5.92 Å². The molecule has 0 spiro atoms. The van der Waals surface area contributed by atoms with Crippen LogP contribution in [0, 0.1) is 19.8 Å². The molecule has 0 aliphatic heterocycles. The Hall–Kier alpha value is -2.38. The zero-order chi connectivity index (χ0) is 20.1. The summed E-state index contributed by atoms with van der Waals surface area (Å²) in [5.74, 6) is 0.797. The van der Waals surface area contributed by atoms with Crippen LogP contribution < -0.4 is 10.1 Å². The van der Waals surface area contributed by atoms with E-state index in [1.807, 2.05) is 24.6 Å². The van der Waals surface area contributed by atoms with Crippen molar-refractivity contribution in [2.75, 3.05) is 6.54 Å². The predicted octanol–water partition coefficient (Wildman–Crippen LogP) is 4.25. The third-order valence-corrected chi connectivity index (χ3v) is 5.23. The normalized spacial score (nSPS) is 12.0. The van der Waals surface area contributed by atoms with E-state index in [4.69, 9.17) is 16.3 Å². The Balaban J connectivity index is 1.47. The summed E-state index contributed by atoms with van der Waals surface area (Å²) in [7, 11) is 0. The zero-order valence-electron chi connectivity index (χ0n) is 16.1. The minimum absolute atomic E-state index is 0.172. The molecule has 0 radical (unpaired) electrons. The summed E-state index contributed by atoms with van der Waals surface area (Å²) in [6.07, 6.45) is 0. The van der Waals surface area contributed by atoms with Gasteiger partial charge < -0.3 is 10.1 Å². The molecule has 148 valence electrons. The molecule has 1 atom stereocenters. The van der Waals surface area contributed by atoms with Gasteiger partial charge in [0.15, 0.2) is 0 Å². The molecule has 3 aromatic rings. The van der Waals surface area contributed by atoms with Crippen LogP contribution in [-0.4, -0.2) is 27.2 Å². The summed E-state index contributed by atoms with van der Waals surface area (Å²) < 4.78 is 7.64. The summed E-state index contributed by atoms with van der Waals surface area (Å²) in [5, 5.41) is 10.6. The van der Waals surface area contributed by atoms with E-state index >= 15 is 0 Å². The maximum atomic E-state index is 12.4. The molecule has 0 aliphatic rings. The Morgan fingerprint density at radius 1 is 1.32 bits per heavy atom. The number of carbonyl (C=O) groups excluding carboxylic acids is 1. The molecular weight excluding hydrogens is 396 g/mol. The highest BCUT2D eigenvalue weighted by atomic mass is 35.5. The molecular formula is C20H23ClN4O2S. The quantitative estimate of drug-likeness (QED) is 0.593. The number of amides is 1. The standard InChI is InChI=1S/C20H23ClN4O2S/c1-13(10-25-15(3)8-14(2)24-25)9-22-20(26)18-12-28-19(23-18)11-27-17-6-4-16(21)5-7-17/h4-8,12-13H,9-11H2,1-3H3,(H,22,26). The van der Waals surface area contributed by atoms with Gasteiger partial charge in [-0.05, 0) is 50.1 Å². The topological polar surface area (TPSA) is 69.0 Å². The molecule has 1 N–H and O–H groups in total. The number of aryl methyl sites for hydroxylation is 2. The summed E-state index contributed by atoms with van der Waals surface area (Å²) in [5.41, 5.74) is 2.54. The molecule has 0 saturated carbocycles. The van der Waals surface area contributed by atoms with Crippen LogP contribution in [0.25, 0.3) is 0 Å². The maximum Gasteiger partial charge on any atom is 0.270 e. The molecule has 1 unspecified atom stereocenters. The SMILES string of the molecule is Cc1cc(C)n(CC(C)CNC(=O)c2csc(COc3ccc(Cl)cc3)n2)n1. The molecule has 0 aliphatic carbocycles. The average molecular weight is 419 g/mol. The number of nitrogens with zero attached hydrogens (tertiary/aromatic N) is 3. The largest absolute Gasteiger partial charge is 0.486 e. The van der Waals surface area contributed by atoms with Crippen LogP contribution in [-0.2, 0) is 13.2 Å². The van der Waals surface area contributed by atoms with Crippen LogP contribution >= 0.6 is 22.9 Å². The number of halogens is 1. The minimum atomic E-state index is -0.172. The molecule has 0 fully saturated rings. The van der Waals surface area contributed by atoms with Gasteiger partial charge in [0.1, 0.15) is 23.1 Å². The second-order valence-electron chi connectivity index (χ2n) is 6.79. The Morgan fingerprint density at radius 2 is 2.07 bits per heavy atom. The average Bonchev–Trinajstić information content (AvgIpc) is 3.25. The van der Waals surface area contributed by atoms with Gasteiger partial charge in [0.05, 0.1) is 5.69 Å². The first-order valence-corrected chi connectivity index (χ1v) is 10.3. The van der Waals surface area contributed by atoms with Gasteiger partial charge in [-0.15, -0.1) is 11.3 Å². The Morgan fingerprint density at radius 3 is 2.75 bits per heavy atom. The smallest absolute Gasteiger partial charge is 0.270 e. The van der Waals surface area contributed by atoms with E-state index in [1.165, 1.54) is 11.3 Å². The Labute approximate surface area is 173 Å². The fourth-order valence-electron chi connectivity index (χ4n) is 2.73. The zero-order valence-corrected chi connectivity index (χ0v) is 17.7. The second kappa shape index (κ2) is 9.21.